The molecule has 1 unspecified atom stereocenters. The van der Waals surface area contributed by atoms with E-state index >= 15 is 0 Å². The summed E-state index contributed by atoms with van der Waals surface area (Å²) in [5.74, 6) is -0.168. The molecule has 1 aliphatic heterocycles. The lowest BCUT2D eigenvalue weighted by Gasteiger charge is -2.38. The molecule has 2 heterocycles. The van der Waals surface area contributed by atoms with Gasteiger partial charge in [-0.1, -0.05) is 41.3 Å². The van der Waals surface area contributed by atoms with Crippen LogP contribution in [0.15, 0.2) is 75.5 Å². The molecule has 14 heteroatoms. The van der Waals surface area contributed by atoms with Crippen molar-refractivity contribution >= 4 is 51.3 Å². The molecule has 42 heavy (non-hydrogen) atoms. The van der Waals surface area contributed by atoms with Crippen molar-refractivity contribution in [3.63, 3.8) is 0 Å². The molecule has 1 aliphatic carbocycles. The number of non-ortho nitro benzene ring substituents is 1. The largest absolute Gasteiger partial charge is 0.494 e. The number of anilines is 2. The number of amides is 1. The summed E-state index contributed by atoms with van der Waals surface area (Å²) in [4.78, 5) is 37.9. The highest BCUT2D eigenvalue weighted by Crippen LogP contribution is 2.47. The Bertz CT molecular complexity index is 1660. The zero-order valence-corrected chi connectivity index (χ0v) is 24.0. The van der Waals surface area contributed by atoms with Crippen LogP contribution >= 0.6 is 23.1 Å². The molecular weight excluding hydrogens is 578 g/mol. The number of ether oxygens (including phenoxy) is 1. The number of nitriles is 1. The molecule has 5 rings (SSSR count). The van der Waals surface area contributed by atoms with Gasteiger partial charge < -0.3 is 15.8 Å². The van der Waals surface area contributed by atoms with Gasteiger partial charge in [0.25, 0.3) is 5.69 Å². The first-order valence-electron chi connectivity index (χ1n) is 13.0. The van der Waals surface area contributed by atoms with E-state index in [1.54, 1.807) is 11.0 Å². The van der Waals surface area contributed by atoms with E-state index in [2.05, 4.69) is 21.6 Å². The lowest BCUT2D eigenvalue weighted by molar-refractivity contribution is -0.384. The molecule has 0 radical (unpaired) electrons. The van der Waals surface area contributed by atoms with E-state index in [0.717, 1.165) is 17.3 Å². The quantitative estimate of drug-likeness (QED) is 0.193. The Kier molecular flexibility index (Phi) is 8.51. The molecule has 0 fully saturated rings. The number of hydrogen-bond donors (Lipinski definition) is 2. The van der Waals surface area contributed by atoms with Gasteiger partial charge in [0.2, 0.25) is 11.0 Å². The van der Waals surface area contributed by atoms with Gasteiger partial charge in [0, 0.05) is 35.5 Å². The number of thioether (sulfide) groups is 1. The molecule has 1 atom stereocenters. The van der Waals surface area contributed by atoms with Gasteiger partial charge in [-0.15, -0.1) is 10.2 Å². The van der Waals surface area contributed by atoms with E-state index in [1.165, 1.54) is 29.5 Å². The zero-order valence-electron chi connectivity index (χ0n) is 22.4. The number of nitrogens with zero attached hydrogens (tertiary/aromatic N) is 5. The molecule has 0 saturated carbocycles. The molecular formula is C28H25N7O5S2. The third-order valence-corrected chi connectivity index (χ3v) is 8.73. The van der Waals surface area contributed by atoms with Crippen LogP contribution in [0, 0.1) is 21.4 Å². The van der Waals surface area contributed by atoms with Gasteiger partial charge in [-0.3, -0.25) is 24.6 Å². The maximum absolute atomic E-state index is 13.3. The molecule has 1 amide bonds. The Morgan fingerprint density at radius 2 is 2.07 bits per heavy atom. The normalized spacial score (nSPS) is 16.6. The number of nitro groups is 1. The maximum Gasteiger partial charge on any atom is 0.271 e. The van der Waals surface area contributed by atoms with Crippen LogP contribution in [0.25, 0.3) is 0 Å². The summed E-state index contributed by atoms with van der Waals surface area (Å²) in [6.07, 6.45) is 1.58. The first kappa shape index (κ1) is 28.8. The van der Waals surface area contributed by atoms with Gasteiger partial charge in [-0.2, -0.15) is 5.26 Å². The summed E-state index contributed by atoms with van der Waals surface area (Å²) < 4.78 is 6.03. The predicted octanol–water partition coefficient (Wildman–Crippen LogP) is 4.88. The topological polar surface area (TPSA) is 177 Å². The van der Waals surface area contributed by atoms with Crippen LogP contribution in [0.2, 0.25) is 0 Å². The fourth-order valence-electron chi connectivity index (χ4n) is 4.93. The molecule has 2 aliphatic rings. The van der Waals surface area contributed by atoms with Gasteiger partial charge in [0.05, 0.1) is 34.8 Å². The Morgan fingerprint density at radius 3 is 2.79 bits per heavy atom. The molecule has 3 aromatic rings. The number of benzene rings is 2. The number of nitrogens with one attached hydrogen (secondary N) is 1. The van der Waals surface area contributed by atoms with Crippen LogP contribution in [-0.2, 0) is 9.59 Å². The number of Topliss-reactive ketones (excluding diaryl/α,β-unsaturated/α-hetero) is 1. The van der Waals surface area contributed by atoms with Crippen molar-refractivity contribution < 1.29 is 19.2 Å². The van der Waals surface area contributed by atoms with Gasteiger partial charge in [-0.05, 0) is 43.5 Å². The molecule has 0 saturated heterocycles. The summed E-state index contributed by atoms with van der Waals surface area (Å²) >= 11 is 2.32. The fourth-order valence-corrected chi connectivity index (χ4v) is 6.61. The second-order valence-electron chi connectivity index (χ2n) is 9.31. The number of aromatic nitrogens is 2. The van der Waals surface area contributed by atoms with E-state index in [1.807, 2.05) is 31.2 Å². The molecule has 214 valence electrons. The molecule has 0 spiro atoms. The van der Waals surface area contributed by atoms with Crippen LogP contribution in [-0.4, -0.2) is 39.2 Å². The predicted molar refractivity (Wildman–Crippen MR) is 158 cm³/mol. The summed E-state index contributed by atoms with van der Waals surface area (Å²) in [7, 11) is 0. The van der Waals surface area contributed by atoms with Crippen LogP contribution in [0.1, 0.15) is 37.7 Å². The van der Waals surface area contributed by atoms with Crippen molar-refractivity contribution in [3.8, 4) is 11.8 Å². The maximum atomic E-state index is 13.3. The van der Waals surface area contributed by atoms with Crippen molar-refractivity contribution in [2.24, 2.45) is 5.73 Å². The Hall–Kier alpha value is -4.74. The van der Waals surface area contributed by atoms with Gasteiger partial charge in [0.1, 0.15) is 11.6 Å². The third-order valence-electron chi connectivity index (χ3n) is 6.69. The third kappa shape index (κ3) is 5.83. The zero-order chi connectivity index (χ0) is 29.8. The minimum Gasteiger partial charge on any atom is -0.494 e. The van der Waals surface area contributed by atoms with Crippen molar-refractivity contribution in [1.82, 2.24) is 10.2 Å². The number of hydrogen-bond acceptors (Lipinski definition) is 12. The number of carbonyl (C=O) groups is 2. The number of ketones is 1. The van der Waals surface area contributed by atoms with Gasteiger partial charge in [-0.25, -0.2) is 0 Å². The summed E-state index contributed by atoms with van der Waals surface area (Å²) in [6, 6.07) is 15.2. The average Bonchev–Trinajstić information content (AvgIpc) is 3.45. The first-order valence-corrected chi connectivity index (χ1v) is 14.8. The van der Waals surface area contributed by atoms with E-state index < -0.39 is 10.8 Å². The highest BCUT2D eigenvalue weighted by atomic mass is 32.2. The van der Waals surface area contributed by atoms with Crippen molar-refractivity contribution in [2.75, 3.05) is 22.6 Å². The highest BCUT2D eigenvalue weighted by molar-refractivity contribution is 8.01. The van der Waals surface area contributed by atoms with E-state index in [9.17, 15) is 25.0 Å². The lowest BCUT2D eigenvalue weighted by Crippen LogP contribution is -2.38. The SMILES string of the molecule is CCOc1ccc(C2C(C#N)=C(N)N(c3nnc(SCC(=O)Nc4cccc([N+](=O)[O-])c4)s3)C3=C2C(=O)CCC3)cc1. The molecule has 2 aromatic carbocycles. The van der Waals surface area contributed by atoms with E-state index in [4.69, 9.17) is 10.5 Å². The number of nitro benzene ring substituents is 1. The molecule has 1 aromatic heterocycles. The summed E-state index contributed by atoms with van der Waals surface area (Å²) in [6.45, 7) is 2.41. The minimum atomic E-state index is -0.607. The first-order chi connectivity index (χ1) is 20.3. The van der Waals surface area contributed by atoms with Crippen LogP contribution in [0.4, 0.5) is 16.5 Å². The number of rotatable bonds is 9. The second kappa shape index (κ2) is 12.4. The van der Waals surface area contributed by atoms with Crippen LogP contribution in [0.3, 0.4) is 0 Å². The van der Waals surface area contributed by atoms with Crippen LogP contribution in [0.5, 0.6) is 5.75 Å². The van der Waals surface area contributed by atoms with E-state index in [-0.39, 0.29) is 34.5 Å². The molecule has 0 bridgehead atoms. The highest BCUT2D eigenvalue weighted by Gasteiger charge is 2.41. The Morgan fingerprint density at radius 1 is 1.29 bits per heavy atom. The molecule has 3 N–H and O–H groups in total. The van der Waals surface area contributed by atoms with Crippen molar-refractivity contribution in [1.29, 1.82) is 5.26 Å². The monoisotopic (exact) mass is 603 g/mol. The Labute approximate surface area is 249 Å². The number of nitrogens with two attached hydrogens (primary N) is 1. The summed E-state index contributed by atoms with van der Waals surface area (Å²) in [5, 5.41) is 32.7. The Balaban J connectivity index is 1.39. The minimum absolute atomic E-state index is 0.0155. The summed E-state index contributed by atoms with van der Waals surface area (Å²) in [5.41, 5.74) is 9.02. The average molecular weight is 604 g/mol. The second-order valence-corrected chi connectivity index (χ2v) is 11.5. The van der Waals surface area contributed by atoms with Crippen LogP contribution < -0.4 is 20.7 Å². The lowest BCUT2D eigenvalue weighted by atomic mass is 9.76. The van der Waals surface area contributed by atoms with E-state index in [0.29, 0.717) is 58.0 Å². The van der Waals surface area contributed by atoms with Crippen molar-refractivity contribution in [3.05, 3.63) is 86.9 Å². The molecule has 12 nitrogen and oxygen atoms in total. The standard InChI is InChI=1S/C28H25N7O5S2/c1-2-40-19-11-9-16(10-12-19)24-20(14-29)26(30)34(21-7-4-8-22(36)25(21)24)27-32-33-28(42-27)41-15-23(37)31-17-5-3-6-18(13-17)35(38)39/h3,5-6,9-13,24H,2,4,7-8,15,30H2,1H3,(H,31,37). The fraction of sp³-hybridized carbons (Fsp3) is 0.250. The number of allylic oxidation sites excluding steroid dienone is 3. The number of carbonyl (C=O) groups excluding carboxylic acids is 2. The smallest absolute Gasteiger partial charge is 0.271 e. The van der Waals surface area contributed by atoms with Gasteiger partial charge >= 0.3 is 0 Å². The van der Waals surface area contributed by atoms with Gasteiger partial charge in [0.15, 0.2) is 10.1 Å². The van der Waals surface area contributed by atoms with Crippen molar-refractivity contribution in [2.45, 2.75) is 36.4 Å².